The fraction of sp³-hybridized carbons (Fsp3) is 0.412. The highest BCUT2D eigenvalue weighted by atomic mass is 32.2. The monoisotopic (exact) mass is 959 g/mol. The van der Waals surface area contributed by atoms with E-state index in [2.05, 4.69) is 54.4 Å². The van der Waals surface area contributed by atoms with Gasteiger partial charge in [0.05, 0.1) is 32.7 Å². The van der Waals surface area contributed by atoms with Crippen LogP contribution in [-0.2, 0) is 25.0 Å². The summed E-state index contributed by atoms with van der Waals surface area (Å²) in [6, 6.07) is 22.1. The number of likely N-dealkylation sites (tertiary alicyclic amines) is 1. The summed E-state index contributed by atoms with van der Waals surface area (Å²) >= 11 is 1.44. The van der Waals surface area contributed by atoms with E-state index in [4.69, 9.17) is 9.97 Å². The molecule has 3 aromatic heterocycles. The number of carbonyl (C=O) groups is 2. The van der Waals surface area contributed by atoms with Crippen LogP contribution in [-0.4, -0.2) is 83.1 Å². The average Bonchev–Trinajstić information content (AvgIpc) is 3.77. The molecule has 3 aliphatic heterocycles. The standard InChI is InChI=1S/C51H58FN9O5S2/c1-5-28-68(65,66)58-40-11-7-10-39(44(40)52)45-46(67-49(57-45)51(2,3)4)41-16-22-53-50(55-41)54-36-9-6-8-34(29-36)33-19-23-59(24-20-33)31-32-17-25-60(26-18-32)37-12-13-38-35(30-37)21-27-61(48(38)64)42-14-15-43(62)56-47(42)63/h6-13,16,21-22,27,29-30,32-33,42,58H,5,14-15,17-20,23-26,28,31H2,1-4H3,(H,53,54,55)(H,56,62,63)/t42-/m1/s1. The molecule has 2 amide bonds. The Hall–Kier alpha value is -6.04. The van der Waals surface area contributed by atoms with Gasteiger partial charge in [-0.1, -0.05) is 45.9 Å². The molecule has 9 rings (SSSR count). The van der Waals surface area contributed by atoms with E-state index in [1.54, 1.807) is 37.5 Å². The van der Waals surface area contributed by atoms with E-state index in [9.17, 15) is 22.8 Å². The zero-order chi connectivity index (χ0) is 47.7. The van der Waals surface area contributed by atoms with E-state index >= 15 is 4.39 Å². The Morgan fingerprint density at radius 3 is 2.43 bits per heavy atom. The number of pyridine rings is 1. The van der Waals surface area contributed by atoms with E-state index < -0.39 is 27.8 Å². The largest absolute Gasteiger partial charge is 0.371 e. The number of rotatable bonds is 13. The van der Waals surface area contributed by atoms with Gasteiger partial charge in [-0.3, -0.25) is 24.4 Å². The Morgan fingerprint density at radius 1 is 0.897 bits per heavy atom. The number of aromatic nitrogens is 4. The van der Waals surface area contributed by atoms with Crippen molar-refractivity contribution in [3.05, 3.63) is 112 Å². The van der Waals surface area contributed by atoms with Crippen LogP contribution in [0.4, 0.5) is 27.4 Å². The van der Waals surface area contributed by atoms with Crippen LogP contribution >= 0.6 is 11.3 Å². The molecular formula is C51H58FN9O5S2. The molecule has 3 N–H and O–H groups in total. The third-order valence-electron chi connectivity index (χ3n) is 13.3. The number of carbonyl (C=O) groups excluding carboxylic acids is 2. The van der Waals surface area contributed by atoms with Gasteiger partial charge in [-0.2, -0.15) is 0 Å². The van der Waals surface area contributed by atoms with Gasteiger partial charge in [0.25, 0.3) is 5.56 Å². The van der Waals surface area contributed by atoms with Crippen LogP contribution in [0, 0.1) is 11.7 Å². The van der Waals surface area contributed by atoms with Crippen LogP contribution in [0.2, 0.25) is 0 Å². The molecule has 3 aromatic carbocycles. The van der Waals surface area contributed by atoms with Crippen molar-refractivity contribution >= 4 is 67.0 Å². The number of amides is 2. The number of nitrogens with one attached hydrogen (secondary N) is 3. The third-order valence-corrected chi connectivity index (χ3v) is 16.3. The molecule has 0 spiro atoms. The molecule has 3 fully saturated rings. The minimum Gasteiger partial charge on any atom is -0.371 e. The van der Waals surface area contributed by atoms with Crippen molar-refractivity contribution in [2.45, 2.75) is 90.0 Å². The zero-order valence-corrected chi connectivity index (χ0v) is 40.6. The van der Waals surface area contributed by atoms with E-state index in [1.165, 1.54) is 27.5 Å². The maximum atomic E-state index is 16.2. The Balaban J connectivity index is 0.807. The molecule has 3 saturated heterocycles. The molecule has 68 heavy (non-hydrogen) atoms. The summed E-state index contributed by atoms with van der Waals surface area (Å²) in [6.07, 6.45) is 8.63. The van der Waals surface area contributed by atoms with Crippen molar-refractivity contribution in [2.24, 2.45) is 5.92 Å². The number of halogens is 1. The summed E-state index contributed by atoms with van der Waals surface area (Å²) < 4.78 is 45.2. The van der Waals surface area contributed by atoms with Gasteiger partial charge in [-0.05, 0) is 129 Å². The zero-order valence-electron chi connectivity index (χ0n) is 38.9. The first-order chi connectivity index (χ1) is 32.6. The first-order valence-electron chi connectivity index (χ1n) is 23.6. The number of thiazole rings is 1. The normalized spacial score (nSPS) is 18.0. The predicted octanol–water partition coefficient (Wildman–Crippen LogP) is 8.99. The van der Waals surface area contributed by atoms with E-state index in [-0.39, 0.29) is 40.3 Å². The summed E-state index contributed by atoms with van der Waals surface area (Å²) in [5, 5.41) is 7.97. The molecule has 0 aliphatic carbocycles. The lowest BCUT2D eigenvalue weighted by molar-refractivity contribution is -0.135. The van der Waals surface area contributed by atoms with E-state index in [0.29, 0.717) is 52.3 Å². The van der Waals surface area contributed by atoms with E-state index in [0.717, 1.165) is 80.2 Å². The first-order valence-corrected chi connectivity index (χ1v) is 26.1. The quantitative estimate of drug-likeness (QED) is 0.0944. The van der Waals surface area contributed by atoms with Gasteiger partial charge < -0.3 is 19.7 Å². The number of fused-ring (bicyclic) bond motifs is 1. The lowest BCUT2D eigenvalue weighted by Crippen LogP contribution is -2.44. The smallest absolute Gasteiger partial charge is 0.259 e. The van der Waals surface area contributed by atoms with Crippen molar-refractivity contribution in [2.75, 3.05) is 53.4 Å². The fourth-order valence-corrected chi connectivity index (χ4v) is 11.9. The predicted molar refractivity (Wildman–Crippen MR) is 268 cm³/mol. The van der Waals surface area contributed by atoms with Crippen molar-refractivity contribution in [3.63, 3.8) is 0 Å². The van der Waals surface area contributed by atoms with Crippen LogP contribution in [0.3, 0.4) is 0 Å². The highest BCUT2D eigenvalue weighted by Crippen LogP contribution is 2.42. The minimum atomic E-state index is -3.72. The van der Waals surface area contributed by atoms with Gasteiger partial charge in [-0.15, -0.1) is 11.3 Å². The van der Waals surface area contributed by atoms with E-state index in [1.807, 2.05) is 45.0 Å². The summed E-state index contributed by atoms with van der Waals surface area (Å²) in [7, 11) is -3.72. The maximum Gasteiger partial charge on any atom is 0.259 e. The van der Waals surface area contributed by atoms with Crippen molar-refractivity contribution < 1.29 is 22.4 Å². The topological polar surface area (TPSA) is 172 Å². The molecule has 0 unspecified atom stereocenters. The molecule has 0 radical (unpaired) electrons. The SMILES string of the molecule is CCCS(=O)(=O)Nc1cccc(-c2nc(C(C)(C)C)sc2-c2ccnc(Nc3cccc(C4CCN(CC5CCN(c6ccc7c(=O)n([C@@H]8CCC(=O)NC8=O)ccc7c6)CC5)CC4)c3)n2)c1F. The van der Waals surface area contributed by atoms with Crippen LogP contribution in [0.15, 0.2) is 90.0 Å². The lowest BCUT2D eigenvalue weighted by atomic mass is 9.88. The molecule has 3 aliphatic rings. The molecule has 14 nitrogen and oxygen atoms in total. The van der Waals surface area contributed by atoms with Gasteiger partial charge in [0.15, 0.2) is 5.82 Å². The number of benzene rings is 3. The number of nitrogens with zero attached hydrogens (tertiary/aromatic N) is 6. The van der Waals surface area contributed by atoms with Crippen LogP contribution < -0.4 is 25.8 Å². The molecule has 0 saturated carbocycles. The van der Waals surface area contributed by atoms with Crippen LogP contribution in [0.5, 0.6) is 0 Å². The summed E-state index contributed by atoms with van der Waals surface area (Å²) in [5.74, 6) is -0.0981. The number of hydrogen-bond donors (Lipinski definition) is 3. The first kappa shape index (κ1) is 47.0. The van der Waals surface area contributed by atoms with Crippen LogP contribution in [0.25, 0.3) is 32.6 Å². The third kappa shape index (κ3) is 10.3. The second kappa shape index (κ2) is 19.5. The van der Waals surface area contributed by atoms with Gasteiger partial charge in [0.2, 0.25) is 27.8 Å². The molecule has 6 aromatic rings. The number of hydrogen-bond acceptors (Lipinski definition) is 12. The summed E-state index contributed by atoms with van der Waals surface area (Å²) in [6.45, 7) is 13.0. The van der Waals surface area contributed by atoms with Crippen molar-refractivity contribution in [3.8, 4) is 21.8 Å². The van der Waals surface area contributed by atoms with Crippen LogP contribution in [0.1, 0.15) is 95.2 Å². The molecule has 1 atom stereocenters. The highest BCUT2D eigenvalue weighted by Gasteiger charge is 2.31. The fourth-order valence-electron chi connectivity index (χ4n) is 9.65. The second-order valence-corrected chi connectivity index (χ2v) is 22.2. The molecule has 17 heteroatoms. The maximum absolute atomic E-state index is 16.2. The molecular weight excluding hydrogens is 902 g/mol. The highest BCUT2D eigenvalue weighted by molar-refractivity contribution is 7.92. The van der Waals surface area contributed by atoms with Gasteiger partial charge in [0.1, 0.15) is 6.04 Å². The van der Waals surface area contributed by atoms with Crippen molar-refractivity contribution in [1.29, 1.82) is 0 Å². The number of imide groups is 1. The number of anilines is 4. The molecule has 6 heterocycles. The van der Waals surface area contributed by atoms with Crippen molar-refractivity contribution in [1.82, 2.24) is 29.7 Å². The number of piperidine rings is 3. The summed E-state index contributed by atoms with van der Waals surface area (Å²) in [5.41, 5.74) is 3.73. The minimum absolute atomic E-state index is 0.114. The Morgan fingerprint density at radius 2 is 1.68 bits per heavy atom. The Bertz CT molecular complexity index is 3030. The average molecular weight is 960 g/mol. The Labute approximate surface area is 400 Å². The number of sulfonamides is 1. The molecule has 356 valence electrons. The summed E-state index contributed by atoms with van der Waals surface area (Å²) in [4.78, 5) is 57.5. The van der Waals surface area contributed by atoms with Gasteiger partial charge >= 0.3 is 0 Å². The lowest BCUT2D eigenvalue weighted by Gasteiger charge is -2.38. The molecule has 0 bridgehead atoms. The second-order valence-electron chi connectivity index (χ2n) is 19.3. The van der Waals surface area contributed by atoms with Gasteiger partial charge in [0, 0.05) is 66.2 Å². The Kier molecular flexibility index (Phi) is 13.5. The van der Waals surface area contributed by atoms with Gasteiger partial charge in [-0.25, -0.2) is 27.8 Å².